The molecule has 6 nitrogen and oxygen atoms in total. The average Bonchev–Trinajstić information content (AvgIpc) is 3.02. The number of allylic oxidation sites excluding steroid dienone is 3. The second kappa shape index (κ2) is 6.45. The van der Waals surface area contributed by atoms with Crippen molar-refractivity contribution in [3.05, 3.63) is 59.0 Å². The van der Waals surface area contributed by atoms with Crippen LogP contribution in [0.4, 0.5) is 9.18 Å². The number of amides is 2. The number of urea groups is 1. The van der Waals surface area contributed by atoms with Crippen LogP contribution in [0.15, 0.2) is 47.7 Å². The summed E-state index contributed by atoms with van der Waals surface area (Å²) in [5.41, 5.74) is 1.39. The minimum Gasteiger partial charge on any atom is -0.483 e. The molecular formula is C23H24FN3O3. The number of aromatic nitrogens is 1. The zero-order valence-electron chi connectivity index (χ0n) is 17.0. The van der Waals surface area contributed by atoms with Crippen molar-refractivity contribution in [1.29, 1.82) is 0 Å². The molecule has 1 aromatic carbocycles. The Kier molecular flexibility index (Phi) is 4.07. The molecule has 0 radical (unpaired) electrons. The number of halogens is 1. The quantitative estimate of drug-likeness (QED) is 0.795. The molecule has 2 fully saturated rings. The van der Waals surface area contributed by atoms with Gasteiger partial charge in [-0.1, -0.05) is 12.1 Å². The van der Waals surface area contributed by atoms with Crippen LogP contribution >= 0.6 is 0 Å². The minimum absolute atomic E-state index is 0.0434. The lowest BCUT2D eigenvalue weighted by Gasteiger charge is -2.52. The van der Waals surface area contributed by atoms with E-state index < -0.39 is 11.3 Å². The summed E-state index contributed by atoms with van der Waals surface area (Å²) in [7, 11) is 0. The number of ketones is 1. The normalized spacial score (nSPS) is 24.6. The van der Waals surface area contributed by atoms with Crippen molar-refractivity contribution >= 4 is 22.7 Å². The van der Waals surface area contributed by atoms with Crippen molar-refractivity contribution in [1.82, 2.24) is 15.2 Å². The van der Waals surface area contributed by atoms with Gasteiger partial charge >= 0.3 is 6.03 Å². The lowest BCUT2D eigenvalue weighted by atomic mass is 9.80. The van der Waals surface area contributed by atoms with Gasteiger partial charge in [0.2, 0.25) is 0 Å². The first kappa shape index (κ1) is 18.9. The number of hydrogen-bond acceptors (Lipinski definition) is 3. The summed E-state index contributed by atoms with van der Waals surface area (Å²) < 4.78 is 20.3. The molecule has 1 unspecified atom stereocenters. The third kappa shape index (κ3) is 3.28. The molecular weight excluding hydrogens is 385 g/mol. The highest BCUT2D eigenvalue weighted by Gasteiger charge is 2.53. The van der Waals surface area contributed by atoms with E-state index in [4.69, 9.17) is 4.74 Å². The number of benzene rings is 1. The topological polar surface area (TPSA) is 74.4 Å². The smallest absolute Gasteiger partial charge is 0.317 e. The molecule has 1 aliphatic carbocycles. The van der Waals surface area contributed by atoms with Crippen LogP contribution in [-0.2, 0) is 16.1 Å². The maximum absolute atomic E-state index is 14.3. The third-order valence-electron chi connectivity index (χ3n) is 6.02. The summed E-state index contributed by atoms with van der Waals surface area (Å²) in [6.45, 7) is 4.52. The first-order chi connectivity index (χ1) is 14.2. The van der Waals surface area contributed by atoms with E-state index in [0.29, 0.717) is 31.0 Å². The summed E-state index contributed by atoms with van der Waals surface area (Å²) in [5, 5.41) is 4.04. The molecule has 2 N–H and O–H groups in total. The van der Waals surface area contributed by atoms with Gasteiger partial charge in [-0.25, -0.2) is 9.18 Å². The van der Waals surface area contributed by atoms with Crippen molar-refractivity contribution in [3.63, 3.8) is 0 Å². The Balaban J connectivity index is 1.20. The first-order valence-electron chi connectivity index (χ1n) is 10.2. The number of ether oxygens (including phenoxy) is 1. The van der Waals surface area contributed by atoms with Crippen LogP contribution in [0.2, 0.25) is 0 Å². The fourth-order valence-corrected chi connectivity index (χ4v) is 4.50. The highest BCUT2D eigenvalue weighted by atomic mass is 19.1. The van der Waals surface area contributed by atoms with Gasteiger partial charge in [0.25, 0.3) is 0 Å². The summed E-state index contributed by atoms with van der Waals surface area (Å²) in [6, 6.07) is 7.91. The second-order valence-corrected chi connectivity index (χ2v) is 8.88. The molecule has 3 aliphatic rings. The largest absolute Gasteiger partial charge is 0.483 e. The van der Waals surface area contributed by atoms with Crippen LogP contribution in [0.3, 0.4) is 0 Å². The van der Waals surface area contributed by atoms with Crippen LogP contribution < -0.4 is 5.32 Å². The van der Waals surface area contributed by atoms with E-state index in [1.165, 1.54) is 13.0 Å². The lowest BCUT2D eigenvalue weighted by Crippen LogP contribution is -2.68. The number of H-pyrrole nitrogens is 1. The van der Waals surface area contributed by atoms with Gasteiger partial charge in [-0.15, -0.1) is 0 Å². The molecule has 0 bridgehead atoms. The van der Waals surface area contributed by atoms with Gasteiger partial charge in [0.15, 0.2) is 11.4 Å². The Hall–Kier alpha value is -3.09. The molecule has 30 heavy (non-hydrogen) atoms. The predicted molar refractivity (Wildman–Crippen MR) is 111 cm³/mol. The third-order valence-corrected chi connectivity index (χ3v) is 6.02. The highest BCUT2D eigenvalue weighted by Crippen LogP contribution is 2.42. The number of carbonyl (C=O) groups is 2. The predicted octanol–water partition coefficient (Wildman–Crippen LogP) is 3.67. The summed E-state index contributed by atoms with van der Waals surface area (Å²) >= 11 is 0. The van der Waals surface area contributed by atoms with E-state index in [1.54, 1.807) is 11.0 Å². The number of aromatic amines is 1. The van der Waals surface area contributed by atoms with Crippen molar-refractivity contribution in [2.24, 2.45) is 0 Å². The van der Waals surface area contributed by atoms with Crippen molar-refractivity contribution in [3.8, 4) is 0 Å². The van der Waals surface area contributed by atoms with E-state index in [0.717, 1.165) is 22.2 Å². The highest BCUT2D eigenvalue weighted by molar-refractivity contribution is 6.01. The Labute approximate surface area is 173 Å². The Morgan fingerprint density at radius 3 is 2.93 bits per heavy atom. The summed E-state index contributed by atoms with van der Waals surface area (Å²) in [6.07, 6.45) is 3.41. The number of likely N-dealkylation sites (tertiary alicyclic amines) is 1. The van der Waals surface area contributed by atoms with Crippen LogP contribution in [-0.4, -0.2) is 46.1 Å². The number of rotatable bonds is 2. The van der Waals surface area contributed by atoms with E-state index in [1.807, 2.05) is 19.1 Å². The molecule has 7 heteroatoms. The Bertz CT molecular complexity index is 1120. The molecule has 0 saturated carbocycles. The number of nitrogens with zero attached hydrogens (tertiary/aromatic N) is 1. The van der Waals surface area contributed by atoms with Crippen molar-refractivity contribution in [2.45, 2.75) is 44.5 Å². The number of carbonyl (C=O) groups excluding carboxylic acids is 2. The zero-order chi connectivity index (χ0) is 21.1. The molecule has 1 aromatic heterocycles. The van der Waals surface area contributed by atoms with Crippen LogP contribution in [0.25, 0.3) is 10.9 Å². The fraction of sp³-hybridized carbons (Fsp3) is 0.391. The molecule has 5 rings (SSSR count). The number of alkyl halides is 1. The molecule has 156 valence electrons. The number of fused-ring (bicyclic) bond motifs is 2. The van der Waals surface area contributed by atoms with Gasteiger partial charge in [-0.3, -0.25) is 4.79 Å². The molecule has 2 aliphatic heterocycles. The average molecular weight is 409 g/mol. The van der Waals surface area contributed by atoms with E-state index in [-0.39, 0.29) is 24.7 Å². The van der Waals surface area contributed by atoms with E-state index >= 15 is 0 Å². The Morgan fingerprint density at radius 1 is 1.33 bits per heavy atom. The van der Waals surface area contributed by atoms with Crippen LogP contribution in [0.1, 0.15) is 31.0 Å². The monoisotopic (exact) mass is 409 g/mol. The van der Waals surface area contributed by atoms with Gasteiger partial charge < -0.3 is 19.9 Å². The van der Waals surface area contributed by atoms with Crippen LogP contribution in [0, 0.1) is 6.92 Å². The molecule has 2 saturated heterocycles. The number of Topliss-reactive ketones (excluding diaryl/α,β-unsaturated/α-hetero) is 1. The molecule has 1 atom stereocenters. The maximum atomic E-state index is 14.3. The van der Waals surface area contributed by atoms with Gasteiger partial charge in [0.05, 0.1) is 25.1 Å². The minimum atomic E-state index is -1.52. The summed E-state index contributed by atoms with van der Waals surface area (Å²) in [4.78, 5) is 30.0. The molecule has 2 amide bonds. The van der Waals surface area contributed by atoms with Crippen molar-refractivity contribution in [2.75, 3.05) is 13.1 Å². The zero-order valence-corrected chi connectivity index (χ0v) is 17.0. The molecule has 1 spiro atoms. The second-order valence-electron chi connectivity index (χ2n) is 8.88. The fourth-order valence-electron chi connectivity index (χ4n) is 4.50. The van der Waals surface area contributed by atoms with Crippen molar-refractivity contribution < 1.29 is 18.7 Å². The number of hydrogen-bond donors (Lipinski definition) is 2. The van der Waals surface area contributed by atoms with E-state index in [9.17, 15) is 14.0 Å². The van der Waals surface area contributed by atoms with Gasteiger partial charge in [0, 0.05) is 24.2 Å². The lowest BCUT2D eigenvalue weighted by molar-refractivity contribution is -0.142. The maximum Gasteiger partial charge on any atom is 0.317 e. The first-order valence-corrected chi connectivity index (χ1v) is 10.2. The SMILES string of the molecule is Cc1cc2cc(CNC(=O)N3CC4(CC(=O)C5=CCC(C)(F)C=C5O4)C3)ccc2[nH]1. The van der Waals surface area contributed by atoms with E-state index in [2.05, 4.69) is 22.4 Å². The molecule has 2 aromatic rings. The number of nitrogens with one attached hydrogen (secondary N) is 2. The van der Waals surface area contributed by atoms with Gasteiger partial charge in [-0.05, 0) is 49.1 Å². The standard InChI is InChI=1S/C23H24FN3O3/c1-14-7-16-8-15(3-4-18(16)26-14)11-25-21(29)27-12-23(13-27)9-19(28)17-5-6-22(2,24)10-20(17)30-23/h3-5,7-8,10,26H,6,9,11-13H2,1-2H3,(H,25,29). The van der Waals surface area contributed by atoms with Gasteiger partial charge in [-0.2, -0.15) is 0 Å². The van der Waals surface area contributed by atoms with Gasteiger partial charge in [0.1, 0.15) is 11.4 Å². The number of aryl methyl sites for hydroxylation is 1. The van der Waals surface area contributed by atoms with Crippen LogP contribution in [0.5, 0.6) is 0 Å². The Morgan fingerprint density at radius 2 is 2.13 bits per heavy atom. The molecule has 3 heterocycles. The summed E-state index contributed by atoms with van der Waals surface area (Å²) in [5.74, 6) is 0.274.